The van der Waals surface area contributed by atoms with Crippen molar-refractivity contribution in [2.75, 3.05) is 18.3 Å². The summed E-state index contributed by atoms with van der Waals surface area (Å²) >= 11 is 3.04. The predicted molar refractivity (Wildman–Crippen MR) is 137 cm³/mol. The molecule has 8 heteroatoms. The van der Waals surface area contributed by atoms with E-state index in [1.165, 1.54) is 23.2 Å². The van der Waals surface area contributed by atoms with Gasteiger partial charge < -0.3 is 4.57 Å². The zero-order chi connectivity index (χ0) is 23.4. The van der Waals surface area contributed by atoms with Crippen LogP contribution in [-0.2, 0) is 22.8 Å². The number of aryl methyl sites for hydroxylation is 1. The maximum Gasteiger partial charge on any atom is 0.279 e. The van der Waals surface area contributed by atoms with Gasteiger partial charge in [0, 0.05) is 24.1 Å². The first-order valence-electron chi connectivity index (χ1n) is 10.4. The average Bonchev–Trinajstić information content (AvgIpc) is 3.14. The van der Waals surface area contributed by atoms with Gasteiger partial charge in [0.2, 0.25) is 0 Å². The van der Waals surface area contributed by atoms with E-state index in [9.17, 15) is 13.2 Å². The van der Waals surface area contributed by atoms with Gasteiger partial charge in [0.1, 0.15) is 0 Å². The highest BCUT2D eigenvalue weighted by atomic mass is 32.2. The molecule has 0 aliphatic rings. The van der Waals surface area contributed by atoms with Crippen LogP contribution in [0.1, 0.15) is 21.5 Å². The molecule has 0 radical (unpaired) electrons. The molecule has 4 aromatic rings. The van der Waals surface area contributed by atoms with Gasteiger partial charge in [-0.1, -0.05) is 53.8 Å². The van der Waals surface area contributed by atoms with Crippen LogP contribution >= 0.6 is 23.1 Å². The highest BCUT2D eigenvalue weighted by molar-refractivity contribution is 7.98. The number of rotatable bonds is 7. The van der Waals surface area contributed by atoms with E-state index in [1.807, 2.05) is 53.3 Å². The van der Waals surface area contributed by atoms with Gasteiger partial charge in [-0.3, -0.25) is 4.79 Å². The van der Waals surface area contributed by atoms with E-state index in [0.717, 1.165) is 28.0 Å². The van der Waals surface area contributed by atoms with Gasteiger partial charge in [-0.25, -0.2) is 8.42 Å². The Bertz CT molecular complexity index is 1450. The quantitative estimate of drug-likeness (QED) is 0.369. The SMILES string of the molecule is CSCCn1c(=NC(=O)c2ccc(Cc3ccccc3)cc2)sc2cc(S(C)(=O)=O)ccc21. The average molecular weight is 497 g/mol. The number of thioether (sulfide) groups is 1. The summed E-state index contributed by atoms with van der Waals surface area (Å²) in [5, 5.41) is 0. The highest BCUT2D eigenvalue weighted by Gasteiger charge is 2.13. The minimum atomic E-state index is -3.31. The smallest absolute Gasteiger partial charge is 0.279 e. The number of amides is 1. The van der Waals surface area contributed by atoms with Gasteiger partial charge in [-0.2, -0.15) is 16.8 Å². The molecule has 0 spiro atoms. The summed E-state index contributed by atoms with van der Waals surface area (Å²) in [6, 6.07) is 22.8. The Morgan fingerprint density at radius 3 is 2.36 bits per heavy atom. The first kappa shape index (κ1) is 23.5. The Balaban J connectivity index is 1.67. The standard InChI is InChI=1S/C25H24N2O3S3/c1-31-15-14-27-22-13-12-21(33(2,29)30)17-23(22)32-25(27)26-24(28)20-10-8-19(9-11-20)16-18-6-4-3-5-7-18/h3-13,17H,14-16H2,1-2H3. The summed E-state index contributed by atoms with van der Waals surface area (Å²) in [5.74, 6) is 0.545. The molecule has 0 aliphatic carbocycles. The Morgan fingerprint density at radius 2 is 1.70 bits per heavy atom. The fraction of sp³-hybridized carbons (Fsp3) is 0.200. The van der Waals surface area contributed by atoms with Crippen LogP contribution in [0.4, 0.5) is 0 Å². The number of hydrogen-bond donors (Lipinski definition) is 0. The zero-order valence-electron chi connectivity index (χ0n) is 18.4. The molecule has 0 unspecified atom stereocenters. The van der Waals surface area contributed by atoms with Crippen molar-refractivity contribution in [3.63, 3.8) is 0 Å². The van der Waals surface area contributed by atoms with Crippen molar-refractivity contribution in [2.45, 2.75) is 17.9 Å². The summed E-state index contributed by atoms with van der Waals surface area (Å²) in [6.45, 7) is 0.682. The van der Waals surface area contributed by atoms with Gasteiger partial charge in [0.05, 0.1) is 15.1 Å². The second kappa shape index (κ2) is 10.1. The molecule has 0 saturated heterocycles. The number of hydrogen-bond acceptors (Lipinski definition) is 5. The summed E-state index contributed by atoms with van der Waals surface area (Å²) in [4.78, 5) is 18.2. The van der Waals surface area contributed by atoms with E-state index >= 15 is 0 Å². The first-order valence-corrected chi connectivity index (χ1v) is 14.5. The molecular weight excluding hydrogens is 472 g/mol. The van der Waals surface area contributed by atoms with Crippen LogP contribution < -0.4 is 4.80 Å². The van der Waals surface area contributed by atoms with Crippen molar-refractivity contribution in [3.05, 3.63) is 94.3 Å². The van der Waals surface area contributed by atoms with Crippen molar-refractivity contribution in [2.24, 2.45) is 4.99 Å². The Hall–Kier alpha value is -2.68. The summed E-state index contributed by atoms with van der Waals surface area (Å²) in [7, 11) is -3.31. The molecule has 0 N–H and O–H groups in total. The molecule has 0 aliphatic heterocycles. The summed E-state index contributed by atoms with van der Waals surface area (Å²) in [5.41, 5.74) is 3.75. The molecule has 1 heterocycles. The molecule has 0 atom stereocenters. The van der Waals surface area contributed by atoms with E-state index < -0.39 is 9.84 Å². The Morgan fingerprint density at radius 1 is 1.00 bits per heavy atom. The lowest BCUT2D eigenvalue weighted by molar-refractivity contribution is 0.0998. The molecule has 3 aromatic carbocycles. The van der Waals surface area contributed by atoms with Crippen LogP contribution in [0.2, 0.25) is 0 Å². The predicted octanol–water partition coefficient (Wildman–Crippen LogP) is 4.80. The normalized spacial score (nSPS) is 12.4. The van der Waals surface area contributed by atoms with E-state index in [-0.39, 0.29) is 10.8 Å². The van der Waals surface area contributed by atoms with Crippen LogP contribution in [0.5, 0.6) is 0 Å². The molecule has 170 valence electrons. The minimum Gasteiger partial charge on any atom is -0.316 e. The summed E-state index contributed by atoms with van der Waals surface area (Å²) < 4.78 is 26.7. The first-order chi connectivity index (χ1) is 15.8. The van der Waals surface area contributed by atoms with Crippen LogP contribution in [0.3, 0.4) is 0 Å². The number of fused-ring (bicyclic) bond motifs is 1. The maximum atomic E-state index is 12.9. The number of carbonyl (C=O) groups is 1. The number of aromatic nitrogens is 1. The minimum absolute atomic E-state index is 0.264. The lowest BCUT2D eigenvalue weighted by Gasteiger charge is -2.05. The van der Waals surface area contributed by atoms with E-state index in [1.54, 1.807) is 30.0 Å². The fourth-order valence-corrected chi connectivity index (χ4v) is 5.70. The van der Waals surface area contributed by atoms with Crippen LogP contribution in [0.25, 0.3) is 10.2 Å². The van der Waals surface area contributed by atoms with Crippen LogP contribution in [0.15, 0.2) is 82.7 Å². The molecule has 1 aromatic heterocycles. The van der Waals surface area contributed by atoms with E-state index in [0.29, 0.717) is 16.9 Å². The zero-order valence-corrected chi connectivity index (χ0v) is 20.8. The second-order valence-corrected chi connectivity index (χ2v) is 11.7. The lowest BCUT2D eigenvalue weighted by atomic mass is 10.0. The third-order valence-corrected chi connectivity index (χ3v) is 7.99. The molecule has 0 fully saturated rings. The van der Waals surface area contributed by atoms with Gasteiger partial charge in [-0.05, 0) is 54.1 Å². The van der Waals surface area contributed by atoms with E-state index in [2.05, 4.69) is 17.1 Å². The van der Waals surface area contributed by atoms with Crippen LogP contribution in [-0.4, -0.2) is 37.2 Å². The van der Waals surface area contributed by atoms with Crippen molar-refractivity contribution in [1.82, 2.24) is 4.57 Å². The molecule has 5 nitrogen and oxygen atoms in total. The fourth-order valence-electron chi connectivity index (χ4n) is 3.52. The second-order valence-electron chi connectivity index (χ2n) is 7.71. The molecule has 0 saturated carbocycles. The lowest BCUT2D eigenvalue weighted by Crippen LogP contribution is -2.18. The monoisotopic (exact) mass is 496 g/mol. The number of sulfone groups is 1. The molecule has 33 heavy (non-hydrogen) atoms. The number of benzene rings is 3. The molecule has 0 bridgehead atoms. The Labute approximate surface area is 201 Å². The topological polar surface area (TPSA) is 68.5 Å². The van der Waals surface area contributed by atoms with Gasteiger partial charge in [-0.15, -0.1) is 0 Å². The van der Waals surface area contributed by atoms with Crippen LogP contribution in [0, 0.1) is 0 Å². The molecular formula is C25H24N2O3S3. The molecule has 1 amide bonds. The highest BCUT2D eigenvalue weighted by Crippen LogP contribution is 2.22. The third-order valence-electron chi connectivity index (χ3n) is 5.25. The number of carbonyl (C=O) groups excluding carboxylic acids is 1. The van der Waals surface area contributed by atoms with Crippen molar-refractivity contribution in [1.29, 1.82) is 0 Å². The van der Waals surface area contributed by atoms with Crippen molar-refractivity contribution < 1.29 is 13.2 Å². The third kappa shape index (κ3) is 5.63. The number of nitrogens with zero attached hydrogens (tertiary/aromatic N) is 2. The molecule has 4 rings (SSSR count). The van der Waals surface area contributed by atoms with E-state index in [4.69, 9.17) is 0 Å². The maximum absolute atomic E-state index is 12.9. The Kier molecular flexibility index (Phi) is 7.17. The summed E-state index contributed by atoms with van der Waals surface area (Å²) in [6.07, 6.45) is 4.02. The van der Waals surface area contributed by atoms with Crippen molar-refractivity contribution >= 4 is 49.1 Å². The van der Waals surface area contributed by atoms with Gasteiger partial charge in [0.15, 0.2) is 14.6 Å². The number of thiazole rings is 1. The largest absolute Gasteiger partial charge is 0.316 e. The van der Waals surface area contributed by atoms with Gasteiger partial charge >= 0.3 is 0 Å². The van der Waals surface area contributed by atoms with Gasteiger partial charge in [0.25, 0.3) is 5.91 Å². The van der Waals surface area contributed by atoms with Crippen molar-refractivity contribution in [3.8, 4) is 0 Å².